The predicted molar refractivity (Wildman–Crippen MR) is 171 cm³/mol. The maximum atomic E-state index is 13.3. The Morgan fingerprint density at radius 1 is 1.21 bits per heavy atom. The van der Waals surface area contributed by atoms with Gasteiger partial charge in [0.15, 0.2) is 28.5 Å². The average Bonchev–Trinajstić information content (AvgIpc) is 3.46. The number of β-lactam (4-membered cyclic amide) rings is 1. The van der Waals surface area contributed by atoms with Gasteiger partial charge >= 0.3 is 5.97 Å². The number of hydroxylamine groups is 2. The molecule has 1 amide bonds. The van der Waals surface area contributed by atoms with Crippen LogP contribution in [0.15, 0.2) is 53.1 Å². The lowest BCUT2D eigenvalue weighted by atomic mass is 9.74. The number of aromatic nitrogens is 2. The summed E-state index contributed by atoms with van der Waals surface area (Å²) in [5.41, 5.74) is 12.7. The quantitative estimate of drug-likeness (QED) is 0.0475. The molecule has 16 nitrogen and oxygen atoms in total. The number of Topliss-reactive ketones (excluding diaryl/α,β-unsaturated/α-hetero) is 1. The highest BCUT2D eigenvalue weighted by Gasteiger charge is 2.57. The summed E-state index contributed by atoms with van der Waals surface area (Å²) in [6.07, 6.45) is 0.699. The van der Waals surface area contributed by atoms with Gasteiger partial charge in [0.05, 0.1) is 11.5 Å². The summed E-state index contributed by atoms with van der Waals surface area (Å²) in [5.74, 6) is -3.52. The van der Waals surface area contributed by atoms with E-state index in [9.17, 15) is 32.5 Å². The van der Waals surface area contributed by atoms with Crippen LogP contribution in [0.5, 0.6) is 5.75 Å². The molecule has 1 fully saturated rings. The summed E-state index contributed by atoms with van der Waals surface area (Å²) >= 11 is 0.982. The molecule has 258 valence electrons. The number of rotatable bonds is 16. The van der Waals surface area contributed by atoms with Crippen molar-refractivity contribution in [1.82, 2.24) is 10.0 Å². The second-order valence-electron chi connectivity index (χ2n) is 11.8. The van der Waals surface area contributed by atoms with E-state index in [2.05, 4.69) is 32.0 Å². The van der Waals surface area contributed by atoms with Crippen LogP contribution >= 0.6 is 11.3 Å². The Bertz CT molecular complexity index is 1810. The Balaban J connectivity index is 1.44. The molecular weight excluding hydrogens is 668 g/mol. The van der Waals surface area contributed by atoms with Gasteiger partial charge in [-0.2, -0.15) is 9.35 Å². The van der Waals surface area contributed by atoms with Crippen LogP contribution in [0.3, 0.4) is 0 Å². The summed E-state index contributed by atoms with van der Waals surface area (Å²) in [6, 6.07) is 11.1. The van der Waals surface area contributed by atoms with Gasteiger partial charge in [-0.3, -0.25) is 9.59 Å². The summed E-state index contributed by atoms with van der Waals surface area (Å²) in [6.45, 7) is 5.01. The lowest BCUT2D eigenvalue weighted by molar-refractivity contribution is -0.679. The van der Waals surface area contributed by atoms with Crippen LogP contribution < -0.4 is 20.8 Å². The number of pyridine rings is 1. The zero-order valence-corrected chi connectivity index (χ0v) is 28.2. The van der Waals surface area contributed by atoms with Gasteiger partial charge in [0.25, 0.3) is 12.0 Å². The molecule has 3 atom stereocenters. The first-order valence-corrected chi connectivity index (χ1v) is 16.8. The number of nitrogen functional groups attached to an aromatic ring is 1. The molecule has 0 spiro atoms. The first kappa shape index (κ1) is 36.3. The van der Waals surface area contributed by atoms with E-state index in [0.717, 1.165) is 34.6 Å². The van der Waals surface area contributed by atoms with Crippen molar-refractivity contribution in [2.75, 3.05) is 18.9 Å². The number of thiazole rings is 1. The zero-order valence-electron chi connectivity index (χ0n) is 26.6. The molecule has 3 heterocycles. The number of hydrogen-bond donors (Lipinski definition) is 3. The average molecular weight is 705 g/mol. The van der Waals surface area contributed by atoms with E-state index in [0.29, 0.717) is 23.3 Å². The van der Waals surface area contributed by atoms with E-state index in [-0.39, 0.29) is 10.8 Å². The van der Waals surface area contributed by atoms with Gasteiger partial charge in [0, 0.05) is 29.9 Å². The third-order valence-electron chi connectivity index (χ3n) is 7.80. The number of aryl methyl sites for hydroxylation is 1. The number of carboxylic acids is 1. The first-order valence-electron chi connectivity index (χ1n) is 14.6. The van der Waals surface area contributed by atoms with Crippen molar-refractivity contribution in [1.29, 1.82) is 0 Å². The number of aliphatic carboxylic acids is 1. The molecule has 1 aromatic carbocycles. The van der Waals surface area contributed by atoms with Crippen molar-refractivity contribution < 1.29 is 50.9 Å². The van der Waals surface area contributed by atoms with Gasteiger partial charge in [0.2, 0.25) is 10.4 Å². The number of carboxylic acid groups (broad SMARTS) is 1. The van der Waals surface area contributed by atoms with E-state index in [4.69, 9.17) is 21.0 Å². The van der Waals surface area contributed by atoms with Gasteiger partial charge in [-0.05, 0) is 50.1 Å². The van der Waals surface area contributed by atoms with Crippen LogP contribution in [-0.4, -0.2) is 76.3 Å². The summed E-state index contributed by atoms with van der Waals surface area (Å²) in [4.78, 5) is 47.1. The van der Waals surface area contributed by atoms with Crippen LogP contribution in [-0.2, 0) is 47.4 Å². The van der Waals surface area contributed by atoms with Gasteiger partial charge in [-0.25, -0.2) is 22.8 Å². The number of oxime groups is 1. The number of ether oxygens (including phenoxy) is 1. The Kier molecular flexibility index (Phi) is 11.2. The largest absolute Gasteiger partial charge is 0.724 e. The topological polar surface area (TPSA) is 241 Å². The van der Waals surface area contributed by atoms with Crippen molar-refractivity contribution in [2.24, 2.45) is 29.8 Å². The minimum absolute atomic E-state index is 0.0294. The molecule has 48 heavy (non-hydrogen) atoms. The molecule has 2 aromatic heterocycles. The van der Waals surface area contributed by atoms with Crippen molar-refractivity contribution in [3.8, 4) is 16.9 Å². The minimum atomic E-state index is -5.24. The first-order chi connectivity index (χ1) is 22.5. The molecule has 0 radical (unpaired) electrons. The lowest BCUT2D eigenvalue weighted by Crippen LogP contribution is -2.68. The smallest absolute Gasteiger partial charge is 0.351 e. The molecule has 1 unspecified atom stereocenters. The third-order valence-corrected chi connectivity index (χ3v) is 8.80. The van der Waals surface area contributed by atoms with Crippen LogP contribution in [0.25, 0.3) is 11.1 Å². The van der Waals surface area contributed by atoms with Crippen molar-refractivity contribution in [3.05, 3.63) is 59.4 Å². The lowest BCUT2D eigenvalue weighted by Gasteiger charge is -2.51. The fourth-order valence-electron chi connectivity index (χ4n) is 4.92. The highest BCUT2D eigenvalue weighted by molar-refractivity contribution is 7.80. The molecule has 1 saturated heterocycles. The summed E-state index contributed by atoms with van der Waals surface area (Å²) < 4.78 is 45.0. The molecule has 1 aliphatic rings. The highest BCUT2D eigenvalue weighted by atomic mass is 32.3. The molecule has 3 aromatic rings. The number of ketones is 1. The summed E-state index contributed by atoms with van der Waals surface area (Å²) in [5, 5.41) is 15.4. The molecule has 0 aliphatic carbocycles. The molecule has 0 saturated carbocycles. The van der Waals surface area contributed by atoms with E-state index >= 15 is 0 Å². The van der Waals surface area contributed by atoms with Crippen LogP contribution in [0.4, 0.5) is 5.13 Å². The highest BCUT2D eigenvalue weighted by Crippen LogP contribution is 2.40. The molecular formula is C30H36N6O10S2. The van der Waals surface area contributed by atoms with Gasteiger partial charge < -0.3 is 30.7 Å². The number of nitrogens with zero attached hydrogens (tertiary/aromatic N) is 4. The third kappa shape index (κ3) is 8.70. The monoisotopic (exact) mass is 704 g/mol. The Hall–Kier alpha value is -4.49. The summed E-state index contributed by atoms with van der Waals surface area (Å²) in [7, 11) is -3.27. The number of benzene rings is 1. The normalized spacial score (nSPS) is 17.4. The van der Waals surface area contributed by atoms with Gasteiger partial charge in [-0.1, -0.05) is 24.2 Å². The number of amides is 1. The molecule has 5 N–H and O–H groups in total. The maximum absolute atomic E-state index is 13.3. The fourth-order valence-corrected chi connectivity index (χ4v) is 5.92. The van der Waals surface area contributed by atoms with E-state index in [1.807, 2.05) is 31.4 Å². The van der Waals surface area contributed by atoms with E-state index < -0.39 is 64.4 Å². The van der Waals surface area contributed by atoms with Crippen LogP contribution in [0, 0.1) is 11.8 Å². The number of nitrogens with two attached hydrogens (primary N) is 2. The fraction of sp³-hybridized carbons (Fsp3) is 0.400. The standard InChI is InChI=1S/C30H36N6O10S2/c1-17(13-31)11-20-8-5-19(14-35(20)4)18-6-9-21(10-7-18)44-15-25(28(39)40)45-34-26(23-16-47-29(32)33-23)24(37)12-22-27(38)36(30(22,2)3)46-48(41,42)43/h5-10,14,16-17,22,25H,11-13,15,31H2,1-4H3,(H3-,32,33,39,40,41,42,43)/b34-26-/t17?,22-,25+/m1/s1. The number of carbonyl (C=O) groups excluding carboxylic acids is 2. The molecule has 4 rings (SSSR count). The molecule has 1 aliphatic heterocycles. The Labute approximate surface area is 280 Å². The SMILES string of the molecule is CC(CN)Cc1ccc(-c2ccc(OC[C@H](O/N=C(\C(=O)C[C@@H]3C(=O)N(OS(=O)(=O)[O-])C3(C)C)c3csc(N)n3)C(=O)O)cc2)c[n+]1C. The van der Waals surface area contributed by atoms with E-state index in [1.54, 1.807) is 12.1 Å². The van der Waals surface area contributed by atoms with Crippen LogP contribution in [0.1, 0.15) is 38.6 Å². The Morgan fingerprint density at radius 3 is 2.42 bits per heavy atom. The minimum Gasteiger partial charge on any atom is -0.724 e. The second kappa shape index (κ2) is 14.7. The predicted octanol–water partition coefficient (Wildman–Crippen LogP) is 1.20. The van der Waals surface area contributed by atoms with E-state index in [1.165, 1.54) is 19.2 Å². The van der Waals surface area contributed by atoms with Crippen molar-refractivity contribution in [2.45, 2.75) is 45.3 Å². The number of hydrogen-bond acceptors (Lipinski definition) is 14. The molecule has 0 bridgehead atoms. The second-order valence-corrected chi connectivity index (χ2v) is 13.6. The van der Waals surface area contributed by atoms with Crippen LogP contribution in [0.2, 0.25) is 0 Å². The Morgan fingerprint density at radius 2 is 1.88 bits per heavy atom. The number of carbonyl (C=O) groups is 3. The van der Waals surface area contributed by atoms with Crippen molar-refractivity contribution in [3.63, 3.8) is 0 Å². The van der Waals surface area contributed by atoms with Crippen molar-refractivity contribution >= 4 is 50.2 Å². The van der Waals surface area contributed by atoms with Gasteiger partial charge in [0.1, 0.15) is 25.1 Å². The van der Waals surface area contributed by atoms with Gasteiger partial charge in [-0.15, -0.1) is 11.3 Å². The maximum Gasteiger partial charge on any atom is 0.351 e. The number of anilines is 1. The zero-order chi connectivity index (χ0) is 35.4. The molecule has 18 heteroatoms.